The van der Waals surface area contributed by atoms with Gasteiger partial charge in [-0.05, 0) is 35.4 Å². The second-order valence-corrected chi connectivity index (χ2v) is 4.31. The van der Waals surface area contributed by atoms with Crippen molar-refractivity contribution in [1.29, 1.82) is 0 Å². The van der Waals surface area contributed by atoms with E-state index in [0.717, 1.165) is 0 Å². The fourth-order valence-electron chi connectivity index (χ4n) is 1.99. The Labute approximate surface area is 110 Å². The Bertz CT molecular complexity index is 490. The van der Waals surface area contributed by atoms with Gasteiger partial charge in [0.25, 0.3) is 0 Å². The molecule has 0 amide bonds. The number of methoxy groups -OCH3 is 1. The summed E-state index contributed by atoms with van der Waals surface area (Å²) in [4.78, 5) is 0. The highest BCUT2D eigenvalue weighted by atomic mass is 19.1. The van der Waals surface area contributed by atoms with Gasteiger partial charge in [0.2, 0.25) is 0 Å². The Morgan fingerprint density at radius 3 is 1.58 bits per heavy atom. The van der Waals surface area contributed by atoms with E-state index >= 15 is 0 Å². The third-order valence-electron chi connectivity index (χ3n) is 3.00. The van der Waals surface area contributed by atoms with Gasteiger partial charge in [-0.1, -0.05) is 24.3 Å². The van der Waals surface area contributed by atoms with Crippen LogP contribution in [0.2, 0.25) is 0 Å². The number of hydrogen-bond acceptors (Lipinski definition) is 2. The monoisotopic (exact) mass is 264 g/mol. The number of aliphatic hydroxyl groups is 1. The molecule has 0 unspecified atom stereocenters. The second-order valence-electron chi connectivity index (χ2n) is 4.31. The molecule has 2 aromatic rings. The van der Waals surface area contributed by atoms with Crippen LogP contribution in [0.4, 0.5) is 8.78 Å². The van der Waals surface area contributed by atoms with Crippen molar-refractivity contribution in [3.8, 4) is 0 Å². The lowest BCUT2D eigenvalue weighted by atomic mass is 9.87. The molecule has 4 heteroatoms. The second kappa shape index (κ2) is 5.47. The lowest BCUT2D eigenvalue weighted by Crippen LogP contribution is -2.32. The molecule has 2 aromatic carbocycles. The van der Waals surface area contributed by atoms with Gasteiger partial charge in [0, 0.05) is 7.11 Å². The molecule has 0 heterocycles. The zero-order chi connectivity index (χ0) is 13.9. The van der Waals surface area contributed by atoms with E-state index in [1.165, 1.54) is 55.6 Å². The summed E-state index contributed by atoms with van der Waals surface area (Å²) in [5, 5.41) is 10.8. The molecule has 0 fully saturated rings. The lowest BCUT2D eigenvalue weighted by Gasteiger charge is -2.28. The highest BCUT2D eigenvalue weighted by Crippen LogP contribution is 2.30. The van der Waals surface area contributed by atoms with Gasteiger partial charge < -0.3 is 9.84 Å². The molecule has 19 heavy (non-hydrogen) atoms. The number of ether oxygens (including phenoxy) is 1. The molecule has 0 aliphatic heterocycles. The van der Waals surface area contributed by atoms with Crippen molar-refractivity contribution in [3.05, 3.63) is 71.3 Å². The predicted octanol–water partition coefficient (Wildman–Crippen LogP) is 2.85. The topological polar surface area (TPSA) is 29.5 Å². The quantitative estimate of drug-likeness (QED) is 0.920. The summed E-state index contributed by atoms with van der Waals surface area (Å²) in [6, 6.07) is 11.0. The fourth-order valence-corrected chi connectivity index (χ4v) is 1.99. The first-order chi connectivity index (χ1) is 9.06. The standard InChI is InChI=1S/C15H14F2O2/c1-19-10-15(18,11-2-6-13(16)7-3-11)12-4-8-14(17)9-5-12/h2-9,18H,10H2,1H3. The van der Waals surface area contributed by atoms with Crippen molar-refractivity contribution in [2.75, 3.05) is 13.7 Å². The maximum atomic E-state index is 13.0. The molecule has 2 nitrogen and oxygen atoms in total. The van der Waals surface area contributed by atoms with Crippen molar-refractivity contribution in [2.24, 2.45) is 0 Å². The first kappa shape index (κ1) is 13.6. The van der Waals surface area contributed by atoms with Gasteiger partial charge in [-0.25, -0.2) is 8.78 Å². The minimum Gasteiger partial charge on any atom is -0.381 e. The smallest absolute Gasteiger partial charge is 0.138 e. The van der Waals surface area contributed by atoms with Crippen molar-refractivity contribution in [2.45, 2.75) is 5.60 Å². The van der Waals surface area contributed by atoms with Crippen LogP contribution in [0.3, 0.4) is 0 Å². The normalized spacial score (nSPS) is 11.6. The van der Waals surface area contributed by atoms with Crippen LogP contribution >= 0.6 is 0 Å². The molecular weight excluding hydrogens is 250 g/mol. The third-order valence-corrected chi connectivity index (χ3v) is 3.00. The molecule has 0 spiro atoms. The van der Waals surface area contributed by atoms with Gasteiger partial charge in [-0.2, -0.15) is 0 Å². The number of halogens is 2. The van der Waals surface area contributed by atoms with Gasteiger partial charge in [-0.3, -0.25) is 0 Å². The van der Waals surface area contributed by atoms with Crippen molar-refractivity contribution < 1.29 is 18.6 Å². The van der Waals surface area contributed by atoms with Crippen LogP contribution < -0.4 is 0 Å². The largest absolute Gasteiger partial charge is 0.381 e. The Morgan fingerprint density at radius 1 is 0.895 bits per heavy atom. The Morgan fingerprint density at radius 2 is 1.26 bits per heavy atom. The van der Waals surface area contributed by atoms with Crippen molar-refractivity contribution in [3.63, 3.8) is 0 Å². The minimum absolute atomic E-state index is 0.00966. The van der Waals surface area contributed by atoms with Gasteiger partial charge in [0.1, 0.15) is 17.2 Å². The molecular formula is C15H14F2O2. The van der Waals surface area contributed by atoms with Gasteiger partial charge in [0.05, 0.1) is 6.61 Å². The van der Waals surface area contributed by atoms with E-state index in [4.69, 9.17) is 4.74 Å². The summed E-state index contributed by atoms with van der Waals surface area (Å²) in [5.41, 5.74) is -0.458. The molecule has 0 aliphatic rings. The van der Waals surface area contributed by atoms with Gasteiger partial charge in [0.15, 0.2) is 0 Å². The van der Waals surface area contributed by atoms with E-state index in [1.807, 2.05) is 0 Å². The lowest BCUT2D eigenvalue weighted by molar-refractivity contribution is -0.00335. The molecule has 100 valence electrons. The SMILES string of the molecule is COCC(O)(c1ccc(F)cc1)c1ccc(F)cc1. The van der Waals surface area contributed by atoms with E-state index in [-0.39, 0.29) is 18.2 Å². The maximum absolute atomic E-state index is 13.0. The first-order valence-electron chi connectivity index (χ1n) is 5.79. The van der Waals surface area contributed by atoms with E-state index < -0.39 is 5.60 Å². The molecule has 0 aromatic heterocycles. The zero-order valence-corrected chi connectivity index (χ0v) is 10.4. The Hall–Kier alpha value is -1.78. The van der Waals surface area contributed by atoms with Gasteiger partial charge >= 0.3 is 0 Å². The summed E-state index contributed by atoms with van der Waals surface area (Å²) in [6.45, 7) is -0.00966. The van der Waals surface area contributed by atoms with Crippen LogP contribution in [0.25, 0.3) is 0 Å². The molecule has 0 saturated carbocycles. The number of rotatable bonds is 4. The van der Waals surface area contributed by atoms with Crippen molar-refractivity contribution >= 4 is 0 Å². The molecule has 0 atom stereocenters. The van der Waals surface area contributed by atoms with E-state index in [9.17, 15) is 13.9 Å². The Kier molecular flexibility index (Phi) is 3.93. The highest BCUT2D eigenvalue weighted by molar-refractivity contribution is 5.36. The predicted molar refractivity (Wildman–Crippen MR) is 67.7 cm³/mol. The van der Waals surface area contributed by atoms with Crippen LogP contribution in [-0.4, -0.2) is 18.8 Å². The van der Waals surface area contributed by atoms with Crippen molar-refractivity contribution in [1.82, 2.24) is 0 Å². The average molecular weight is 264 g/mol. The molecule has 1 N–H and O–H groups in total. The molecule has 0 radical (unpaired) electrons. The van der Waals surface area contributed by atoms with Crippen LogP contribution in [0.5, 0.6) is 0 Å². The van der Waals surface area contributed by atoms with E-state index in [0.29, 0.717) is 11.1 Å². The molecule has 0 aliphatic carbocycles. The van der Waals surface area contributed by atoms with Crippen LogP contribution in [0.1, 0.15) is 11.1 Å². The third kappa shape index (κ3) is 2.80. The molecule has 0 bridgehead atoms. The summed E-state index contributed by atoms with van der Waals surface area (Å²) in [7, 11) is 1.46. The summed E-state index contributed by atoms with van der Waals surface area (Å²) in [6.07, 6.45) is 0. The summed E-state index contributed by atoms with van der Waals surface area (Å²) < 4.78 is 30.9. The van der Waals surface area contributed by atoms with Crippen LogP contribution in [0, 0.1) is 11.6 Å². The summed E-state index contributed by atoms with van der Waals surface area (Å²) >= 11 is 0. The molecule has 0 saturated heterocycles. The first-order valence-corrected chi connectivity index (χ1v) is 5.79. The zero-order valence-electron chi connectivity index (χ0n) is 10.4. The minimum atomic E-state index is -1.43. The molecule has 2 rings (SSSR count). The van der Waals surface area contributed by atoms with E-state index in [2.05, 4.69) is 0 Å². The van der Waals surface area contributed by atoms with Crippen LogP contribution in [-0.2, 0) is 10.3 Å². The average Bonchev–Trinajstić information content (AvgIpc) is 2.40. The number of benzene rings is 2. The number of hydrogen-bond donors (Lipinski definition) is 1. The Balaban J connectivity index is 2.47. The summed E-state index contributed by atoms with van der Waals surface area (Å²) in [5.74, 6) is -0.773. The van der Waals surface area contributed by atoms with E-state index in [1.54, 1.807) is 0 Å². The van der Waals surface area contributed by atoms with Crippen LogP contribution in [0.15, 0.2) is 48.5 Å². The fraction of sp³-hybridized carbons (Fsp3) is 0.200. The highest BCUT2D eigenvalue weighted by Gasteiger charge is 2.31. The maximum Gasteiger partial charge on any atom is 0.138 e. The van der Waals surface area contributed by atoms with Gasteiger partial charge in [-0.15, -0.1) is 0 Å².